The van der Waals surface area contributed by atoms with E-state index in [1.807, 2.05) is 47.4 Å². The van der Waals surface area contributed by atoms with Crippen molar-refractivity contribution in [2.45, 2.75) is 62.4 Å². The van der Waals surface area contributed by atoms with Gasteiger partial charge in [0.15, 0.2) is 0 Å². The van der Waals surface area contributed by atoms with Crippen molar-refractivity contribution in [3.8, 4) is 0 Å². The molecule has 1 amide bonds. The average molecular weight is 439 g/mol. The van der Waals surface area contributed by atoms with Crippen LogP contribution < -0.4 is 0 Å². The summed E-state index contributed by atoms with van der Waals surface area (Å²) in [5.74, 6) is 0.340. The summed E-state index contributed by atoms with van der Waals surface area (Å²) in [5, 5.41) is 0. The van der Waals surface area contributed by atoms with Gasteiger partial charge in [-0.15, -0.1) is 0 Å². The third kappa shape index (κ3) is 4.03. The number of benzene rings is 2. The highest BCUT2D eigenvalue weighted by Crippen LogP contribution is 2.35. The molecule has 5 nitrogen and oxygen atoms in total. The molecule has 2 atom stereocenters. The van der Waals surface area contributed by atoms with Crippen LogP contribution in [-0.2, 0) is 34.2 Å². The van der Waals surface area contributed by atoms with Crippen LogP contribution in [0.3, 0.4) is 0 Å². The number of carbonyl (C=O) groups is 1. The molecule has 0 spiro atoms. The maximum absolute atomic E-state index is 13.5. The molecule has 2 heterocycles. The Morgan fingerprint density at radius 1 is 0.871 bits per heavy atom. The normalized spacial score (nSPS) is 24.5. The van der Waals surface area contributed by atoms with Crippen molar-refractivity contribution in [3.05, 3.63) is 65.2 Å². The van der Waals surface area contributed by atoms with Crippen LogP contribution in [0.5, 0.6) is 0 Å². The predicted molar refractivity (Wildman–Crippen MR) is 120 cm³/mol. The molecule has 0 saturated carbocycles. The third-order valence-corrected chi connectivity index (χ3v) is 9.04. The summed E-state index contributed by atoms with van der Waals surface area (Å²) in [6.07, 6.45) is 6.59. The third-order valence-electron chi connectivity index (χ3n) is 7.21. The second-order valence-corrected chi connectivity index (χ2v) is 11.1. The van der Waals surface area contributed by atoms with E-state index in [9.17, 15) is 13.2 Å². The van der Waals surface area contributed by atoms with Crippen molar-refractivity contribution in [1.29, 1.82) is 0 Å². The molecule has 0 aromatic heterocycles. The number of nitrogens with zero attached hydrogens (tertiary/aromatic N) is 2. The summed E-state index contributed by atoms with van der Waals surface area (Å²) in [7, 11) is -3.56. The van der Waals surface area contributed by atoms with Crippen LogP contribution in [0.1, 0.15) is 48.8 Å². The standard InChI is InChI=1S/C25H30N2O3S/c28-25-12-6-11-22-17-26(18-24(22)27(25)16-19-7-2-1-3-8-19)31(29,30)23-14-13-20-9-4-5-10-21(20)15-23/h1-3,7-8,13-15,22,24H,4-6,9-12,16-18H2/t22-,24+/m1/s1. The van der Waals surface area contributed by atoms with Gasteiger partial charge < -0.3 is 4.90 Å². The van der Waals surface area contributed by atoms with Gasteiger partial charge in [-0.3, -0.25) is 4.79 Å². The number of fused-ring (bicyclic) bond motifs is 2. The highest BCUT2D eigenvalue weighted by Gasteiger charge is 2.44. The van der Waals surface area contributed by atoms with Crippen molar-refractivity contribution < 1.29 is 13.2 Å². The van der Waals surface area contributed by atoms with Crippen molar-refractivity contribution in [3.63, 3.8) is 0 Å². The van der Waals surface area contributed by atoms with E-state index in [2.05, 4.69) is 0 Å². The Hall–Kier alpha value is -2.18. The van der Waals surface area contributed by atoms with E-state index in [0.717, 1.165) is 37.7 Å². The van der Waals surface area contributed by atoms with Gasteiger partial charge in [0.2, 0.25) is 15.9 Å². The molecular weight excluding hydrogens is 408 g/mol. The van der Waals surface area contributed by atoms with Gasteiger partial charge in [-0.2, -0.15) is 4.31 Å². The molecule has 0 bridgehead atoms. The van der Waals surface area contributed by atoms with E-state index in [1.165, 1.54) is 17.5 Å². The smallest absolute Gasteiger partial charge is 0.243 e. The quantitative estimate of drug-likeness (QED) is 0.730. The van der Waals surface area contributed by atoms with Crippen LogP contribution in [0.2, 0.25) is 0 Å². The molecule has 2 aliphatic heterocycles. The summed E-state index contributed by atoms with van der Waals surface area (Å²) in [5.41, 5.74) is 3.56. The number of sulfonamides is 1. The van der Waals surface area contributed by atoms with Crippen LogP contribution in [0, 0.1) is 5.92 Å². The maximum atomic E-state index is 13.5. The van der Waals surface area contributed by atoms with E-state index < -0.39 is 10.0 Å². The van der Waals surface area contributed by atoms with Crippen LogP contribution in [0.4, 0.5) is 0 Å². The topological polar surface area (TPSA) is 57.7 Å². The first-order valence-corrected chi connectivity index (χ1v) is 12.9. The lowest BCUT2D eigenvalue weighted by molar-refractivity contribution is -0.133. The molecule has 0 radical (unpaired) electrons. The monoisotopic (exact) mass is 438 g/mol. The van der Waals surface area contributed by atoms with E-state index in [-0.39, 0.29) is 17.9 Å². The van der Waals surface area contributed by atoms with E-state index in [1.54, 1.807) is 10.4 Å². The zero-order valence-corrected chi connectivity index (χ0v) is 18.7. The fourth-order valence-electron chi connectivity index (χ4n) is 5.50. The van der Waals surface area contributed by atoms with Crippen molar-refractivity contribution in [2.75, 3.05) is 13.1 Å². The van der Waals surface area contributed by atoms with Gasteiger partial charge >= 0.3 is 0 Å². The van der Waals surface area contributed by atoms with Crippen LogP contribution in [0.25, 0.3) is 0 Å². The van der Waals surface area contributed by atoms with Gasteiger partial charge in [0.25, 0.3) is 0 Å². The Kier molecular flexibility index (Phi) is 5.61. The Balaban J connectivity index is 1.40. The van der Waals surface area contributed by atoms with Gasteiger partial charge in [0.05, 0.1) is 4.90 Å². The van der Waals surface area contributed by atoms with E-state index >= 15 is 0 Å². The maximum Gasteiger partial charge on any atom is 0.243 e. The van der Waals surface area contributed by atoms with Gasteiger partial charge in [-0.25, -0.2) is 8.42 Å². The van der Waals surface area contributed by atoms with Crippen LogP contribution >= 0.6 is 0 Å². The molecule has 3 aliphatic rings. The second-order valence-electron chi connectivity index (χ2n) is 9.19. The fraction of sp³-hybridized carbons (Fsp3) is 0.480. The Morgan fingerprint density at radius 3 is 2.45 bits per heavy atom. The lowest BCUT2D eigenvalue weighted by Crippen LogP contribution is -2.43. The first-order chi connectivity index (χ1) is 15.0. The molecule has 2 aromatic rings. The summed E-state index contributed by atoms with van der Waals surface area (Å²) in [4.78, 5) is 15.3. The zero-order valence-electron chi connectivity index (χ0n) is 17.9. The largest absolute Gasteiger partial charge is 0.334 e. The first kappa shape index (κ1) is 20.7. The van der Waals surface area contributed by atoms with Crippen molar-refractivity contribution in [1.82, 2.24) is 9.21 Å². The number of aryl methyl sites for hydroxylation is 2. The SMILES string of the molecule is O=C1CCC[C@@H]2CN(S(=O)(=O)c3ccc4c(c3)CCCC4)C[C@@H]2N1Cc1ccccc1. The summed E-state index contributed by atoms with van der Waals surface area (Å²) in [6.45, 7) is 1.44. The Labute approximate surface area is 185 Å². The molecule has 1 aliphatic carbocycles. The average Bonchev–Trinajstić information content (AvgIpc) is 3.16. The van der Waals surface area contributed by atoms with Crippen LogP contribution in [-0.4, -0.2) is 42.7 Å². The van der Waals surface area contributed by atoms with Gasteiger partial charge in [0, 0.05) is 32.1 Å². The molecule has 0 N–H and O–H groups in total. The lowest BCUT2D eigenvalue weighted by atomic mass is 9.92. The number of amides is 1. The van der Waals surface area contributed by atoms with Gasteiger partial charge in [-0.05, 0) is 73.3 Å². The van der Waals surface area contributed by atoms with Gasteiger partial charge in [0.1, 0.15) is 0 Å². The minimum absolute atomic E-state index is 0.0531. The summed E-state index contributed by atoms with van der Waals surface area (Å²) >= 11 is 0. The Bertz CT molecular complexity index is 1070. The summed E-state index contributed by atoms with van der Waals surface area (Å²) < 4.78 is 28.7. The molecule has 2 fully saturated rings. The van der Waals surface area contributed by atoms with Crippen molar-refractivity contribution >= 4 is 15.9 Å². The highest BCUT2D eigenvalue weighted by molar-refractivity contribution is 7.89. The van der Waals surface area contributed by atoms with Crippen LogP contribution in [0.15, 0.2) is 53.4 Å². The Morgan fingerprint density at radius 2 is 1.65 bits per heavy atom. The number of hydrogen-bond acceptors (Lipinski definition) is 3. The molecular formula is C25H30N2O3S. The molecule has 2 aromatic carbocycles. The van der Waals surface area contributed by atoms with E-state index in [0.29, 0.717) is 31.0 Å². The molecule has 5 rings (SSSR count). The van der Waals surface area contributed by atoms with Crippen molar-refractivity contribution in [2.24, 2.45) is 5.92 Å². The summed E-state index contributed by atoms with van der Waals surface area (Å²) in [6, 6.07) is 15.6. The molecule has 0 unspecified atom stereocenters. The predicted octanol–water partition coefficient (Wildman–Crippen LogP) is 3.77. The highest BCUT2D eigenvalue weighted by atomic mass is 32.2. The minimum atomic E-state index is -3.56. The molecule has 31 heavy (non-hydrogen) atoms. The fourth-order valence-corrected chi connectivity index (χ4v) is 7.06. The minimum Gasteiger partial charge on any atom is -0.334 e. The lowest BCUT2D eigenvalue weighted by Gasteiger charge is -2.30. The molecule has 6 heteroatoms. The molecule has 2 saturated heterocycles. The van der Waals surface area contributed by atoms with Gasteiger partial charge in [-0.1, -0.05) is 36.4 Å². The zero-order chi connectivity index (χ0) is 21.4. The second kappa shape index (κ2) is 8.40. The first-order valence-electron chi connectivity index (χ1n) is 11.5. The number of likely N-dealkylation sites (tertiary alicyclic amines) is 1. The number of rotatable bonds is 4. The number of hydrogen-bond donors (Lipinski definition) is 0. The molecule has 164 valence electrons. The van der Waals surface area contributed by atoms with E-state index in [4.69, 9.17) is 0 Å². The number of carbonyl (C=O) groups excluding carboxylic acids is 1.